The van der Waals surface area contributed by atoms with Crippen LogP contribution in [0, 0.1) is 17.2 Å². The smallest absolute Gasteiger partial charge is 0.342 e. The van der Waals surface area contributed by atoms with E-state index in [4.69, 9.17) is 9.57 Å². The molecule has 3 aromatic heterocycles. The summed E-state index contributed by atoms with van der Waals surface area (Å²) in [7, 11) is 0. The molecule has 2 aromatic carbocycles. The molecule has 42 heavy (non-hydrogen) atoms. The van der Waals surface area contributed by atoms with Gasteiger partial charge in [-0.1, -0.05) is 43.2 Å². The second kappa shape index (κ2) is 11.5. The molecule has 3 heterocycles. The van der Waals surface area contributed by atoms with Gasteiger partial charge < -0.3 is 9.57 Å². The monoisotopic (exact) mass is 560 g/mol. The number of aromatic nitrogens is 5. The van der Waals surface area contributed by atoms with Crippen LogP contribution in [-0.2, 0) is 10.2 Å². The lowest BCUT2D eigenvalue weighted by Crippen LogP contribution is -2.37. The van der Waals surface area contributed by atoms with Crippen LogP contribution < -0.4 is 9.57 Å². The number of nitrogens with zero attached hydrogens (tertiary/aromatic N) is 6. The Morgan fingerprint density at radius 1 is 1.07 bits per heavy atom. The Balaban J connectivity index is 1.23. The van der Waals surface area contributed by atoms with E-state index in [0.29, 0.717) is 35.2 Å². The van der Waals surface area contributed by atoms with E-state index in [2.05, 4.69) is 21.1 Å². The number of hydrogen-bond donors (Lipinski definition) is 0. The molecule has 1 aliphatic rings. The van der Waals surface area contributed by atoms with E-state index in [9.17, 15) is 10.1 Å². The molecule has 0 saturated heterocycles. The van der Waals surface area contributed by atoms with Crippen molar-refractivity contribution in [2.75, 3.05) is 0 Å². The molecule has 0 amide bonds. The van der Waals surface area contributed by atoms with Crippen molar-refractivity contribution in [3.8, 4) is 28.8 Å². The van der Waals surface area contributed by atoms with Crippen LogP contribution >= 0.6 is 0 Å². The summed E-state index contributed by atoms with van der Waals surface area (Å²) in [5.41, 5.74) is 1.77. The molecule has 0 unspecified atom stereocenters. The third-order valence-corrected chi connectivity index (χ3v) is 8.13. The summed E-state index contributed by atoms with van der Waals surface area (Å²) in [6.07, 6.45) is 11.9. The first-order valence-corrected chi connectivity index (χ1v) is 14.2. The van der Waals surface area contributed by atoms with E-state index in [0.717, 1.165) is 29.4 Å². The van der Waals surface area contributed by atoms with E-state index in [1.807, 2.05) is 85.4 Å². The molecule has 0 spiro atoms. The number of ether oxygens (including phenoxy) is 1. The van der Waals surface area contributed by atoms with Gasteiger partial charge in [0.15, 0.2) is 5.65 Å². The number of hydrogen-bond acceptors (Lipinski definition) is 7. The highest BCUT2D eigenvalue weighted by Crippen LogP contribution is 2.37. The first-order chi connectivity index (χ1) is 20.4. The maximum absolute atomic E-state index is 13.5. The van der Waals surface area contributed by atoms with E-state index in [1.54, 1.807) is 12.4 Å². The molecule has 1 atom stereocenters. The van der Waals surface area contributed by atoms with Gasteiger partial charge in [0.1, 0.15) is 17.8 Å². The Morgan fingerprint density at radius 3 is 2.64 bits per heavy atom. The zero-order chi connectivity index (χ0) is 29.1. The second-order valence-corrected chi connectivity index (χ2v) is 11.2. The summed E-state index contributed by atoms with van der Waals surface area (Å²) in [5, 5.41) is 14.8. The average molecular weight is 561 g/mol. The second-order valence-electron chi connectivity index (χ2n) is 11.2. The van der Waals surface area contributed by atoms with Crippen molar-refractivity contribution in [3.05, 3.63) is 91.1 Å². The van der Waals surface area contributed by atoms with Crippen molar-refractivity contribution in [2.45, 2.75) is 57.4 Å². The number of rotatable bonds is 9. The third-order valence-electron chi connectivity index (χ3n) is 8.13. The topological polar surface area (TPSA) is 108 Å². The predicted molar refractivity (Wildman–Crippen MR) is 158 cm³/mol. The van der Waals surface area contributed by atoms with Crippen LogP contribution in [0.1, 0.15) is 57.6 Å². The number of nitriles is 1. The molecular weight excluding hydrogens is 528 g/mol. The van der Waals surface area contributed by atoms with Crippen LogP contribution in [0.2, 0.25) is 0 Å². The Morgan fingerprint density at radius 2 is 1.86 bits per heavy atom. The van der Waals surface area contributed by atoms with E-state index < -0.39 is 11.4 Å². The van der Waals surface area contributed by atoms with Gasteiger partial charge in [-0.2, -0.15) is 15.1 Å². The Bertz CT molecular complexity index is 1740. The van der Waals surface area contributed by atoms with Gasteiger partial charge >= 0.3 is 5.97 Å². The van der Waals surface area contributed by atoms with Gasteiger partial charge in [0.25, 0.3) is 0 Å². The number of carbonyl (C=O) groups excluding carboxylic acids is 1. The van der Waals surface area contributed by atoms with Gasteiger partial charge in [-0.3, -0.25) is 4.68 Å². The molecule has 1 saturated carbocycles. The molecule has 0 N–H and O–H groups in total. The van der Waals surface area contributed by atoms with Gasteiger partial charge in [0.05, 0.1) is 35.8 Å². The first-order valence-electron chi connectivity index (χ1n) is 14.2. The lowest BCUT2D eigenvalue weighted by Gasteiger charge is -2.23. The standard InChI is InChI=1S/C33H32N6O3/c1-33(2,25-11-8-14-27(19-25)41-26-12-4-3-5-13-26)32(40)42-39-18-16-28-30(35-22-36-31(28)39)24-20-37-38(21-24)29(15-17-34)23-9-6-7-10-23/h3-5,8,11-14,16,18-23,29H,6-7,9-10,15H2,1-2H3/t29-/m1/s1. The van der Waals surface area contributed by atoms with Crippen molar-refractivity contribution in [2.24, 2.45) is 5.92 Å². The van der Waals surface area contributed by atoms with Crippen LogP contribution in [0.3, 0.4) is 0 Å². The summed E-state index contributed by atoms with van der Waals surface area (Å²) in [5.74, 6) is 1.36. The summed E-state index contributed by atoms with van der Waals surface area (Å²) in [6, 6.07) is 21.2. The Hall–Kier alpha value is -4.97. The van der Waals surface area contributed by atoms with Crippen LogP contribution in [-0.4, -0.2) is 30.4 Å². The molecule has 1 aliphatic carbocycles. The highest BCUT2D eigenvalue weighted by atomic mass is 16.7. The summed E-state index contributed by atoms with van der Waals surface area (Å²) >= 11 is 0. The number of fused-ring (bicyclic) bond motifs is 1. The van der Waals surface area contributed by atoms with E-state index in [1.165, 1.54) is 23.9 Å². The Labute approximate surface area is 244 Å². The molecule has 6 rings (SSSR count). The Kier molecular flexibility index (Phi) is 7.44. The number of para-hydroxylation sites is 1. The van der Waals surface area contributed by atoms with Gasteiger partial charge in [-0.15, -0.1) is 0 Å². The maximum atomic E-state index is 13.5. The average Bonchev–Trinajstić information content (AvgIpc) is 3.79. The molecule has 1 fully saturated rings. The van der Waals surface area contributed by atoms with Crippen molar-refractivity contribution >= 4 is 17.0 Å². The van der Waals surface area contributed by atoms with E-state index in [-0.39, 0.29) is 6.04 Å². The SMILES string of the molecule is CC(C)(C(=O)On1ccc2c(-c3cnn([C@H](CC#N)C4CCCC4)c3)ncnc21)c1cccc(Oc2ccccc2)c1. The van der Waals surface area contributed by atoms with Crippen LogP contribution in [0.4, 0.5) is 0 Å². The zero-order valence-corrected chi connectivity index (χ0v) is 23.7. The number of benzene rings is 2. The minimum atomic E-state index is -0.973. The van der Waals surface area contributed by atoms with Gasteiger partial charge in [-0.25, -0.2) is 14.8 Å². The van der Waals surface area contributed by atoms with Crippen molar-refractivity contribution in [3.63, 3.8) is 0 Å². The zero-order valence-electron chi connectivity index (χ0n) is 23.7. The van der Waals surface area contributed by atoms with Crippen LogP contribution in [0.5, 0.6) is 11.5 Å². The molecule has 212 valence electrons. The van der Waals surface area contributed by atoms with E-state index >= 15 is 0 Å². The maximum Gasteiger partial charge on any atom is 0.342 e. The quantitative estimate of drug-likeness (QED) is 0.198. The fraction of sp³-hybridized carbons (Fsp3) is 0.303. The van der Waals surface area contributed by atoms with Gasteiger partial charge in [-0.05, 0) is 68.5 Å². The minimum absolute atomic E-state index is 0.0490. The lowest BCUT2D eigenvalue weighted by molar-refractivity contribution is -0.149. The molecule has 0 bridgehead atoms. The predicted octanol–water partition coefficient (Wildman–Crippen LogP) is 6.67. The molecule has 9 nitrogen and oxygen atoms in total. The van der Waals surface area contributed by atoms with Crippen LogP contribution in [0.15, 0.2) is 85.6 Å². The highest BCUT2D eigenvalue weighted by Gasteiger charge is 2.33. The van der Waals surface area contributed by atoms with Gasteiger partial charge in [0.2, 0.25) is 0 Å². The summed E-state index contributed by atoms with van der Waals surface area (Å²) in [4.78, 5) is 28.3. The highest BCUT2D eigenvalue weighted by molar-refractivity contribution is 5.91. The van der Waals surface area contributed by atoms with Gasteiger partial charge in [0, 0.05) is 23.3 Å². The van der Waals surface area contributed by atoms with Crippen molar-refractivity contribution < 1.29 is 14.4 Å². The summed E-state index contributed by atoms with van der Waals surface area (Å²) in [6.45, 7) is 3.64. The normalized spacial score (nSPS) is 14.5. The molecule has 5 aromatic rings. The fourth-order valence-corrected chi connectivity index (χ4v) is 5.68. The molecular formula is C33H32N6O3. The molecule has 0 radical (unpaired) electrons. The van der Waals surface area contributed by atoms with Crippen LogP contribution in [0.25, 0.3) is 22.3 Å². The fourth-order valence-electron chi connectivity index (χ4n) is 5.68. The molecule has 9 heteroatoms. The van der Waals surface area contributed by atoms with Crippen molar-refractivity contribution in [1.82, 2.24) is 24.5 Å². The number of carbonyl (C=O) groups is 1. The van der Waals surface area contributed by atoms with Crippen molar-refractivity contribution in [1.29, 1.82) is 5.26 Å². The largest absolute Gasteiger partial charge is 0.457 e. The lowest BCUT2D eigenvalue weighted by atomic mass is 9.85. The summed E-state index contributed by atoms with van der Waals surface area (Å²) < 4.78 is 9.27. The first kappa shape index (κ1) is 27.2. The molecule has 0 aliphatic heterocycles. The third kappa shape index (κ3) is 5.36. The minimum Gasteiger partial charge on any atom is -0.457 e.